The number of rotatable bonds is 8. The Morgan fingerprint density at radius 1 is 1.00 bits per heavy atom. The van der Waals surface area contributed by atoms with Crippen molar-refractivity contribution in [2.45, 2.75) is 44.4 Å². The van der Waals surface area contributed by atoms with E-state index in [1.54, 1.807) is 29.2 Å². The lowest BCUT2D eigenvalue weighted by Crippen LogP contribution is -2.41. The number of carbonyl (C=O) groups excluding carboxylic acids is 3. The first-order chi connectivity index (χ1) is 21.5. The summed E-state index contributed by atoms with van der Waals surface area (Å²) in [6.07, 6.45) is 6.78. The van der Waals surface area contributed by atoms with Crippen molar-refractivity contribution in [1.29, 1.82) is 5.26 Å². The van der Waals surface area contributed by atoms with Gasteiger partial charge in [-0.15, -0.1) is 0 Å². The van der Waals surface area contributed by atoms with E-state index in [1.807, 2.05) is 30.3 Å². The molecule has 1 aromatic heterocycles. The summed E-state index contributed by atoms with van der Waals surface area (Å²) in [6, 6.07) is 16.8. The zero-order valence-corrected chi connectivity index (χ0v) is 24.2. The van der Waals surface area contributed by atoms with Crippen LogP contribution in [0.4, 0.5) is 16.4 Å². The van der Waals surface area contributed by atoms with Crippen LogP contribution >= 0.6 is 0 Å². The van der Waals surface area contributed by atoms with E-state index >= 15 is 0 Å². The fourth-order valence-corrected chi connectivity index (χ4v) is 5.83. The molecule has 3 fully saturated rings. The topological polar surface area (TPSA) is 141 Å². The third-order valence-electron chi connectivity index (χ3n) is 8.25. The summed E-state index contributed by atoms with van der Waals surface area (Å²) in [5.74, 6) is -0.0488. The van der Waals surface area contributed by atoms with Crippen LogP contribution in [-0.2, 0) is 14.4 Å². The Morgan fingerprint density at radius 3 is 2.39 bits per heavy atom. The van der Waals surface area contributed by atoms with Gasteiger partial charge >= 0.3 is 6.03 Å². The van der Waals surface area contributed by atoms with Gasteiger partial charge in [-0.05, 0) is 61.4 Å². The molecule has 226 valence electrons. The molecule has 4 amide bonds. The fourth-order valence-electron chi connectivity index (χ4n) is 5.83. The first-order valence-electron chi connectivity index (χ1n) is 14.9. The smallest absolute Gasteiger partial charge is 0.332 e. The molecule has 0 spiro atoms. The summed E-state index contributed by atoms with van der Waals surface area (Å²) in [7, 11) is 0. The Morgan fingerprint density at radius 2 is 1.73 bits per heavy atom. The van der Waals surface area contributed by atoms with Crippen LogP contribution in [0.3, 0.4) is 0 Å². The second kappa shape index (κ2) is 13.2. The van der Waals surface area contributed by atoms with E-state index in [2.05, 4.69) is 26.4 Å². The third kappa shape index (κ3) is 6.24. The molecule has 0 aliphatic carbocycles. The molecule has 2 aromatic carbocycles. The lowest BCUT2D eigenvalue weighted by molar-refractivity contribution is -0.186. The van der Waals surface area contributed by atoms with Crippen LogP contribution in [-0.4, -0.2) is 65.2 Å². The number of hydrogen-bond donors (Lipinski definition) is 1. The molecule has 6 rings (SSSR count). The third-order valence-corrected chi connectivity index (χ3v) is 8.25. The van der Waals surface area contributed by atoms with Crippen molar-refractivity contribution in [3.05, 3.63) is 83.7 Å². The minimum Gasteiger partial charge on any atom is -0.350 e. The average molecular weight is 596 g/mol. The van der Waals surface area contributed by atoms with E-state index in [4.69, 9.17) is 14.8 Å². The second-order valence-electron chi connectivity index (χ2n) is 11.1. The van der Waals surface area contributed by atoms with Crippen molar-refractivity contribution in [1.82, 2.24) is 20.3 Å². The molecule has 12 heteroatoms. The number of imide groups is 1. The van der Waals surface area contributed by atoms with E-state index in [-0.39, 0.29) is 23.4 Å². The Kier molecular flexibility index (Phi) is 8.76. The van der Waals surface area contributed by atoms with Crippen LogP contribution in [0.15, 0.2) is 67.0 Å². The highest BCUT2D eigenvalue weighted by molar-refractivity contribution is 6.21. The van der Waals surface area contributed by atoms with Crippen LogP contribution in [0.25, 0.3) is 0 Å². The van der Waals surface area contributed by atoms with Gasteiger partial charge < -0.3 is 14.5 Å². The maximum Gasteiger partial charge on any atom is 0.332 e. The minimum atomic E-state index is -0.729. The van der Waals surface area contributed by atoms with Crippen LogP contribution in [0.1, 0.15) is 59.6 Å². The van der Waals surface area contributed by atoms with Crippen molar-refractivity contribution < 1.29 is 24.0 Å². The molecule has 2 atom stereocenters. The summed E-state index contributed by atoms with van der Waals surface area (Å²) in [5.41, 5.74) is 4.36. The zero-order valence-electron chi connectivity index (χ0n) is 24.2. The van der Waals surface area contributed by atoms with Crippen molar-refractivity contribution >= 4 is 29.5 Å². The van der Waals surface area contributed by atoms with Crippen molar-refractivity contribution in [3.8, 4) is 6.07 Å². The molecule has 4 heterocycles. The highest BCUT2D eigenvalue weighted by Crippen LogP contribution is 2.36. The molecule has 3 aliphatic heterocycles. The Hall–Kier alpha value is -4.86. The van der Waals surface area contributed by atoms with Crippen LogP contribution < -0.4 is 15.3 Å². The minimum absolute atomic E-state index is 0.166. The average Bonchev–Trinajstić information content (AvgIpc) is 3.33. The van der Waals surface area contributed by atoms with Gasteiger partial charge in [0.15, 0.2) is 6.29 Å². The Bertz CT molecular complexity index is 1510. The van der Waals surface area contributed by atoms with Gasteiger partial charge in [0.2, 0.25) is 5.95 Å². The monoisotopic (exact) mass is 595 g/mol. The number of amides is 4. The van der Waals surface area contributed by atoms with E-state index in [0.717, 1.165) is 37.7 Å². The van der Waals surface area contributed by atoms with Crippen LogP contribution in [0, 0.1) is 17.2 Å². The summed E-state index contributed by atoms with van der Waals surface area (Å²) >= 11 is 0. The van der Waals surface area contributed by atoms with Gasteiger partial charge in [-0.1, -0.05) is 30.3 Å². The molecule has 0 bridgehead atoms. The number of anilines is 2. The number of hydrogen-bond acceptors (Lipinski definition) is 9. The van der Waals surface area contributed by atoms with Gasteiger partial charge in [-0.3, -0.25) is 9.59 Å². The van der Waals surface area contributed by atoms with Gasteiger partial charge in [0, 0.05) is 45.1 Å². The number of piperidine rings is 1. The first-order valence-corrected chi connectivity index (χ1v) is 14.9. The van der Waals surface area contributed by atoms with Gasteiger partial charge in [-0.25, -0.2) is 30.0 Å². The summed E-state index contributed by atoms with van der Waals surface area (Å²) < 4.78 is 5.46. The van der Waals surface area contributed by atoms with E-state index in [9.17, 15) is 14.4 Å². The van der Waals surface area contributed by atoms with Crippen LogP contribution in [0.5, 0.6) is 0 Å². The number of aromatic nitrogens is 2. The summed E-state index contributed by atoms with van der Waals surface area (Å²) in [5, 5.41) is 9.16. The number of nitriles is 1. The van der Waals surface area contributed by atoms with Crippen LogP contribution in [0.2, 0.25) is 0 Å². The zero-order chi connectivity index (χ0) is 30.5. The second-order valence-corrected chi connectivity index (χ2v) is 11.1. The van der Waals surface area contributed by atoms with E-state index in [1.165, 1.54) is 17.3 Å². The molecule has 3 aliphatic rings. The quantitative estimate of drug-likeness (QED) is 0.303. The standard InChI is InChI=1S/C32H33N7O5/c33-18-22-9-11-26(12-10-22)39-30(41)28(24-6-2-1-3-7-24)38(32(39)42)21-23-13-15-37(16-14-23)31-34-19-25(20-35-31)29(40)36-44-27-8-4-5-17-43-27/h1-3,6-7,9-12,19-20,23,27-28H,4-5,8,13-17,21H2,(H,36,40). The number of nitrogens with zero attached hydrogens (tertiary/aromatic N) is 6. The normalized spacial score (nSPS) is 20.9. The predicted molar refractivity (Wildman–Crippen MR) is 159 cm³/mol. The number of ether oxygens (including phenoxy) is 1. The van der Waals surface area contributed by atoms with Crippen molar-refractivity contribution in [2.24, 2.45) is 5.92 Å². The molecular formula is C32H33N7O5. The van der Waals surface area contributed by atoms with Crippen molar-refractivity contribution in [3.63, 3.8) is 0 Å². The number of hydroxylamine groups is 1. The number of benzene rings is 2. The van der Waals surface area contributed by atoms with E-state index in [0.29, 0.717) is 43.4 Å². The van der Waals surface area contributed by atoms with E-state index < -0.39 is 18.2 Å². The Labute approximate surface area is 255 Å². The molecule has 12 nitrogen and oxygen atoms in total. The number of nitrogens with one attached hydrogen (secondary N) is 1. The Balaban J connectivity index is 1.08. The predicted octanol–water partition coefficient (Wildman–Crippen LogP) is 3.96. The highest BCUT2D eigenvalue weighted by Gasteiger charge is 2.47. The van der Waals surface area contributed by atoms with Gasteiger partial charge in [0.05, 0.1) is 22.9 Å². The maximum absolute atomic E-state index is 13.7. The van der Waals surface area contributed by atoms with Gasteiger partial charge in [0.1, 0.15) is 6.04 Å². The molecule has 0 saturated carbocycles. The summed E-state index contributed by atoms with van der Waals surface area (Å²) in [4.78, 5) is 59.0. The number of urea groups is 1. The molecule has 3 aromatic rings. The molecule has 1 N–H and O–H groups in total. The lowest BCUT2D eigenvalue weighted by Gasteiger charge is -2.34. The molecular weight excluding hydrogens is 562 g/mol. The largest absolute Gasteiger partial charge is 0.350 e. The molecule has 2 unspecified atom stereocenters. The van der Waals surface area contributed by atoms with Crippen molar-refractivity contribution in [2.75, 3.05) is 36.0 Å². The maximum atomic E-state index is 13.7. The SMILES string of the molecule is N#Cc1ccc(N2C(=O)C(c3ccccc3)N(CC3CCN(c4ncc(C(=O)NOC5CCCCO5)cn4)CC3)C2=O)cc1. The molecule has 44 heavy (non-hydrogen) atoms. The van der Waals surface area contributed by atoms with Gasteiger partial charge in [-0.2, -0.15) is 5.26 Å². The van der Waals surface area contributed by atoms with Gasteiger partial charge in [0.25, 0.3) is 11.8 Å². The fraction of sp³-hybridized carbons (Fsp3) is 0.375. The molecule has 3 saturated heterocycles. The highest BCUT2D eigenvalue weighted by atomic mass is 16.8. The number of carbonyl (C=O) groups is 3. The summed E-state index contributed by atoms with van der Waals surface area (Å²) in [6.45, 7) is 2.38. The lowest BCUT2D eigenvalue weighted by atomic mass is 9.95. The first kappa shape index (κ1) is 29.2. The molecule has 0 radical (unpaired) electrons.